The highest BCUT2D eigenvalue weighted by molar-refractivity contribution is 7.89. The van der Waals surface area contributed by atoms with Crippen LogP contribution in [0, 0.1) is 0 Å². The molecule has 1 N–H and O–H groups in total. The maximum atomic E-state index is 12.4. The van der Waals surface area contributed by atoms with E-state index < -0.39 is 10.0 Å². The van der Waals surface area contributed by atoms with Crippen LogP contribution in [0.15, 0.2) is 29.2 Å². The summed E-state index contributed by atoms with van der Waals surface area (Å²) in [4.78, 5) is 2.61. The van der Waals surface area contributed by atoms with Gasteiger partial charge in [-0.05, 0) is 50.0 Å². The van der Waals surface area contributed by atoms with Crippen molar-refractivity contribution >= 4 is 21.6 Å². The lowest BCUT2D eigenvalue weighted by Crippen LogP contribution is -2.47. The van der Waals surface area contributed by atoms with Gasteiger partial charge in [-0.2, -0.15) is 0 Å². The van der Waals surface area contributed by atoms with Crippen LogP contribution in [0.2, 0.25) is 0 Å². The molecule has 1 unspecified atom stereocenters. The van der Waals surface area contributed by atoms with E-state index in [1.807, 2.05) is 12.1 Å². The molecule has 118 valence electrons. The molecular weight excluding hydrogens is 308 g/mol. The minimum atomic E-state index is -3.43. The van der Waals surface area contributed by atoms with Gasteiger partial charge in [-0.25, -0.2) is 13.1 Å². The van der Waals surface area contributed by atoms with E-state index in [2.05, 4.69) is 16.5 Å². The molecule has 1 atom stereocenters. The molecule has 4 nitrogen and oxygen atoms in total. The summed E-state index contributed by atoms with van der Waals surface area (Å²) >= 11 is 5.69. The van der Waals surface area contributed by atoms with Crippen LogP contribution in [0.4, 0.5) is 0 Å². The van der Waals surface area contributed by atoms with Gasteiger partial charge in [0.25, 0.3) is 0 Å². The lowest BCUT2D eigenvalue weighted by molar-refractivity contribution is 0.211. The number of aryl methyl sites for hydroxylation is 1. The van der Waals surface area contributed by atoms with Crippen molar-refractivity contribution in [1.82, 2.24) is 9.62 Å². The van der Waals surface area contributed by atoms with E-state index in [1.54, 1.807) is 12.1 Å². The number of benzene rings is 1. The Hall–Kier alpha value is -0.620. The van der Waals surface area contributed by atoms with Gasteiger partial charge in [-0.3, -0.25) is 0 Å². The zero-order chi connectivity index (χ0) is 15.3. The summed E-state index contributed by atoms with van der Waals surface area (Å²) in [7, 11) is -3.43. The second kappa shape index (κ2) is 7.58. The van der Waals surface area contributed by atoms with E-state index in [-0.39, 0.29) is 6.04 Å². The Morgan fingerprint density at radius 1 is 1.33 bits per heavy atom. The molecule has 1 aromatic carbocycles. The van der Waals surface area contributed by atoms with E-state index in [0.29, 0.717) is 10.8 Å². The van der Waals surface area contributed by atoms with E-state index >= 15 is 0 Å². The number of rotatable bonds is 6. The Labute approximate surface area is 132 Å². The molecule has 1 heterocycles. The summed E-state index contributed by atoms with van der Waals surface area (Å²) in [6, 6.07) is 6.98. The first-order valence-electron chi connectivity index (χ1n) is 7.44. The Morgan fingerprint density at radius 3 is 2.67 bits per heavy atom. The first-order chi connectivity index (χ1) is 10.0. The van der Waals surface area contributed by atoms with Gasteiger partial charge in [-0.15, -0.1) is 11.6 Å². The van der Waals surface area contributed by atoms with Crippen LogP contribution >= 0.6 is 11.6 Å². The van der Waals surface area contributed by atoms with Crippen molar-refractivity contribution in [1.29, 1.82) is 0 Å². The number of hydrogen-bond donors (Lipinski definition) is 1. The highest BCUT2D eigenvalue weighted by Crippen LogP contribution is 2.15. The molecule has 6 heteroatoms. The highest BCUT2D eigenvalue weighted by atomic mass is 35.5. The van der Waals surface area contributed by atoms with Crippen molar-refractivity contribution in [2.24, 2.45) is 0 Å². The summed E-state index contributed by atoms with van der Waals surface area (Å²) in [6.07, 6.45) is 2.69. The molecule has 1 aliphatic rings. The van der Waals surface area contributed by atoms with E-state index in [9.17, 15) is 8.42 Å². The third kappa shape index (κ3) is 4.68. The van der Waals surface area contributed by atoms with E-state index in [4.69, 9.17) is 11.6 Å². The zero-order valence-corrected chi connectivity index (χ0v) is 14.0. The predicted octanol–water partition coefficient (Wildman–Crippen LogP) is 2.23. The second-order valence-electron chi connectivity index (χ2n) is 5.44. The molecule has 0 radical (unpaired) electrons. The number of piperidine rings is 1. The first-order valence-corrected chi connectivity index (χ1v) is 9.46. The maximum absolute atomic E-state index is 12.4. The van der Waals surface area contributed by atoms with Crippen molar-refractivity contribution in [2.75, 3.05) is 25.5 Å². The lowest BCUT2D eigenvalue weighted by Gasteiger charge is -2.32. The van der Waals surface area contributed by atoms with Crippen LogP contribution in [0.3, 0.4) is 0 Å². The van der Waals surface area contributed by atoms with Crippen molar-refractivity contribution in [3.8, 4) is 0 Å². The topological polar surface area (TPSA) is 49.4 Å². The van der Waals surface area contributed by atoms with Gasteiger partial charge >= 0.3 is 0 Å². The Balaban J connectivity index is 2.03. The van der Waals surface area contributed by atoms with Gasteiger partial charge in [0.05, 0.1) is 4.90 Å². The number of nitrogens with zero attached hydrogens (tertiary/aromatic N) is 1. The highest BCUT2D eigenvalue weighted by Gasteiger charge is 2.24. The summed E-state index contributed by atoms with van der Waals surface area (Å²) in [5.41, 5.74) is 1.05. The Kier molecular flexibility index (Phi) is 6.05. The summed E-state index contributed by atoms with van der Waals surface area (Å²) in [5.74, 6) is 0.541. The van der Waals surface area contributed by atoms with Crippen molar-refractivity contribution in [2.45, 2.75) is 37.1 Å². The van der Waals surface area contributed by atoms with Crippen LogP contribution in [-0.4, -0.2) is 44.9 Å². The van der Waals surface area contributed by atoms with Gasteiger partial charge < -0.3 is 4.90 Å². The molecule has 0 aliphatic carbocycles. The molecule has 1 aliphatic heterocycles. The van der Waals surface area contributed by atoms with Gasteiger partial charge in [0.2, 0.25) is 10.0 Å². The summed E-state index contributed by atoms with van der Waals surface area (Å²) in [5, 5.41) is 0. The smallest absolute Gasteiger partial charge is 0.240 e. The van der Waals surface area contributed by atoms with E-state index in [0.717, 1.165) is 44.5 Å². The molecule has 0 bridgehead atoms. The molecule has 21 heavy (non-hydrogen) atoms. The number of hydrogen-bond acceptors (Lipinski definition) is 3. The fraction of sp³-hybridized carbons (Fsp3) is 0.600. The molecule has 2 rings (SSSR count). The fourth-order valence-corrected chi connectivity index (χ4v) is 4.15. The van der Waals surface area contributed by atoms with Gasteiger partial charge in [0.1, 0.15) is 0 Å². The Morgan fingerprint density at radius 2 is 2.05 bits per heavy atom. The molecule has 1 aromatic rings. The SMILES string of the molecule is CCN1CCCC(NS(=O)(=O)c2ccc(CCCl)cc2)C1. The number of nitrogens with one attached hydrogen (secondary N) is 1. The number of halogens is 1. The van der Waals surface area contributed by atoms with Crippen LogP contribution in [0.5, 0.6) is 0 Å². The van der Waals surface area contributed by atoms with Crippen molar-refractivity contribution < 1.29 is 8.42 Å². The molecule has 0 aromatic heterocycles. The van der Waals surface area contributed by atoms with Gasteiger partial charge in [-0.1, -0.05) is 19.1 Å². The van der Waals surface area contributed by atoms with Crippen molar-refractivity contribution in [3.63, 3.8) is 0 Å². The van der Waals surface area contributed by atoms with Crippen LogP contribution in [-0.2, 0) is 16.4 Å². The van der Waals surface area contributed by atoms with Crippen LogP contribution < -0.4 is 4.72 Å². The summed E-state index contributed by atoms with van der Waals surface area (Å²) < 4.78 is 27.6. The average Bonchev–Trinajstić information content (AvgIpc) is 2.48. The number of likely N-dealkylation sites (N-methyl/N-ethyl adjacent to an activating group) is 1. The fourth-order valence-electron chi connectivity index (χ4n) is 2.67. The molecule has 0 spiro atoms. The maximum Gasteiger partial charge on any atom is 0.240 e. The molecular formula is C15H23ClN2O2S. The van der Waals surface area contributed by atoms with Gasteiger partial charge in [0.15, 0.2) is 0 Å². The lowest BCUT2D eigenvalue weighted by atomic mass is 10.1. The quantitative estimate of drug-likeness (QED) is 0.814. The second-order valence-corrected chi connectivity index (χ2v) is 7.53. The van der Waals surface area contributed by atoms with E-state index in [1.165, 1.54) is 0 Å². The monoisotopic (exact) mass is 330 g/mol. The van der Waals surface area contributed by atoms with Crippen LogP contribution in [0.25, 0.3) is 0 Å². The molecule has 1 saturated heterocycles. The molecule has 0 amide bonds. The number of alkyl halides is 1. The largest absolute Gasteiger partial charge is 0.302 e. The zero-order valence-electron chi connectivity index (χ0n) is 12.4. The first kappa shape index (κ1) is 16.7. The minimum Gasteiger partial charge on any atom is -0.302 e. The van der Waals surface area contributed by atoms with Gasteiger partial charge in [0, 0.05) is 18.5 Å². The molecule has 0 saturated carbocycles. The average molecular weight is 331 g/mol. The predicted molar refractivity (Wildman–Crippen MR) is 86.3 cm³/mol. The standard InChI is InChI=1S/C15H23ClN2O2S/c1-2-18-11-3-4-14(12-18)17-21(19,20)15-7-5-13(6-8-15)9-10-16/h5-8,14,17H,2-4,9-12H2,1H3. The minimum absolute atomic E-state index is 0.00576. The van der Waals surface area contributed by atoms with Crippen LogP contribution in [0.1, 0.15) is 25.3 Å². The number of sulfonamides is 1. The Bertz CT molecular complexity index is 545. The van der Waals surface area contributed by atoms with Crippen molar-refractivity contribution in [3.05, 3.63) is 29.8 Å². The third-order valence-electron chi connectivity index (χ3n) is 3.89. The summed E-state index contributed by atoms with van der Waals surface area (Å²) in [6.45, 7) is 4.92. The third-order valence-corrected chi connectivity index (χ3v) is 5.62. The normalized spacial score (nSPS) is 20.6. The number of likely N-dealkylation sites (tertiary alicyclic amines) is 1. The molecule has 1 fully saturated rings.